The number of methoxy groups -OCH3 is 1. The SMILES string of the molecule is CCOCCCNC(=O)c1ccccc1C(=O)OC. The van der Waals surface area contributed by atoms with Crippen molar-refractivity contribution in [1.29, 1.82) is 0 Å². The number of carbonyl (C=O) groups is 2. The van der Waals surface area contributed by atoms with Crippen LogP contribution in [0.25, 0.3) is 0 Å². The lowest BCUT2D eigenvalue weighted by molar-refractivity contribution is 0.0596. The van der Waals surface area contributed by atoms with Crippen molar-refractivity contribution in [2.45, 2.75) is 13.3 Å². The lowest BCUT2D eigenvalue weighted by Gasteiger charge is -2.08. The summed E-state index contributed by atoms with van der Waals surface area (Å²) < 4.78 is 9.82. The summed E-state index contributed by atoms with van der Waals surface area (Å²) in [5.41, 5.74) is 0.595. The number of carbonyl (C=O) groups excluding carboxylic acids is 2. The maximum Gasteiger partial charge on any atom is 0.338 e. The Balaban J connectivity index is 2.59. The maximum atomic E-state index is 12.0. The predicted molar refractivity (Wildman–Crippen MR) is 71.2 cm³/mol. The summed E-state index contributed by atoms with van der Waals surface area (Å²) in [7, 11) is 1.29. The van der Waals surface area contributed by atoms with Gasteiger partial charge in [0.15, 0.2) is 0 Å². The molecule has 0 heterocycles. The topological polar surface area (TPSA) is 64.6 Å². The molecule has 1 amide bonds. The van der Waals surface area contributed by atoms with Gasteiger partial charge in [-0.2, -0.15) is 0 Å². The molecular weight excluding hydrogens is 246 g/mol. The first-order valence-corrected chi connectivity index (χ1v) is 6.24. The molecule has 19 heavy (non-hydrogen) atoms. The first kappa shape index (κ1) is 15.2. The van der Waals surface area contributed by atoms with Gasteiger partial charge in [0.1, 0.15) is 0 Å². The zero-order valence-electron chi connectivity index (χ0n) is 11.3. The highest BCUT2D eigenvalue weighted by Gasteiger charge is 2.16. The average Bonchev–Trinajstić information content (AvgIpc) is 2.46. The van der Waals surface area contributed by atoms with Gasteiger partial charge < -0.3 is 14.8 Å². The second-order valence-corrected chi connectivity index (χ2v) is 3.84. The van der Waals surface area contributed by atoms with Crippen LogP contribution in [-0.2, 0) is 9.47 Å². The molecule has 0 fully saturated rings. The Morgan fingerprint density at radius 1 is 1.21 bits per heavy atom. The fourth-order valence-corrected chi connectivity index (χ4v) is 1.58. The Hall–Kier alpha value is -1.88. The highest BCUT2D eigenvalue weighted by Crippen LogP contribution is 2.09. The van der Waals surface area contributed by atoms with Crippen LogP contribution in [0, 0.1) is 0 Å². The molecule has 0 aliphatic carbocycles. The molecular formula is C14H19NO4. The van der Waals surface area contributed by atoms with Crippen molar-refractivity contribution in [3.8, 4) is 0 Å². The predicted octanol–water partition coefficient (Wildman–Crippen LogP) is 1.63. The zero-order valence-corrected chi connectivity index (χ0v) is 11.3. The molecule has 1 rings (SSSR count). The highest BCUT2D eigenvalue weighted by molar-refractivity contribution is 6.05. The van der Waals surface area contributed by atoms with E-state index in [0.717, 1.165) is 6.42 Å². The number of hydrogen-bond donors (Lipinski definition) is 1. The van der Waals surface area contributed by atoms with Crippen LogP contribution in [0.1, 0.15) is 34.1 Å². The van der Waals surface area contributed by atoms with Crippen molar-refractivity contribution in [3.05, 3.63) is 35.4 Å². The summed E-state index contributed by atoms with van der Waals surface area (Å²) in [6, 6.07) is 6.57. The van der Waals surface area contributed by atoms with Gasteiger partial charge in [-0.05, 0) is 25.5 Å². The van der Waals surface area contributed by atoms with Crippen molar-refractivity contribution in [2.75, 3.05) is 26.9 Å². The van der Waals surface area contributed by atoms with Gasteiger partial charge in [-0.25, -0.2) is 4.79 Å². The van der Waals surface area contributed by atoms with Gasteiger partial charge in [-0.15, -0.1) is 0 Å². The van der Waals surface area contributed by atoms with Gasteiger partial charge in [-0.1, -0.05) is 12.1 Å². The molecule has 5 heteroatoms. The number of benzene rings is 1. The van der Waals surface area contributed by atoms with Gasteiger partial charge in [0.25, 0.3) is 5.91 Å². The van der Waals surface area contributed by atoms with E-state index < -0.39 is 5.97 Å². The Morgan fingerprint density at radius 3 is 2.53 bits per heavy atom. The molecule has 0 unspecified atom stereocenters. The first-order chi connectivity index (χ1) is 9.20. The minimum absolute atomic E-state index is 0.271. The molecule has 1 aromatic carbocycles. The van der Waals surface area contributed by atoms with E-state index in [2.05, 4.69) is 10.1 Å². The summed E-state index contributed by atoms with van der Waals surface area (Å²) in [6.07, 6.45) is 0.736. The minimum Gasteiger partial charge on any atom is -0.465 e. The lowest BCUT2D eigenvalue weighted by Crippen LogP contribution is -2.27. The second kappa shape index (κ2) is 8.26. The second-order valence-electron chi connectivity index (χ2n) is 3.84. The molecule has 0 saturated carbocycles. The maximum absolute atomic E-state index is 12.0. The third-order valence-corrected chi connectivity index (χ3v) is 2.53. The molecule has 1 aromatic rings. The van der Waals surface area contributed by atoms with Crippen molar-refractivity contribution in [3.63, 3.8) is 0 Å². The summed E-state index contributed by atoms with van der Waals surface area (Å²) in [5.74, 6) is -0.794. The molecule has 1 N–H and O–H groups in total. The molecule has 0 spiro atoms. The van der Waals surface area contributed by atoms with E-state index in [1.165, 1.54) is 7.11 Å². The van der Waals surface area contributed by atoms with Crippen molar-refractivity contribution in [1.82, 2.24) is 5.32 Å². The Morgan fingerprint density at radius 2 is 1.89 bits per heavy atom. The van der Waals surface area contributed by atoms with Crippen molar-refractivity contribution in [2.24, 2.45) is 0 Å². The first-order valence-electron chi connectivity index (χ1n) is 6.24. The van der Waals surface area contributed by atoms with Crippen molar-refractivity contribution >= 4 is 11.9 Å². The van der Waals surface area contributed by atoms with Gasteiger partial charge in [0.05, 0.1) is 18.2 Å². The van der Waals surface area contributed by atoms with Crippen LogP contribution < -0.4 is 5.32 Å². The molecule has 104 valence electrons. The molecule has 0 atom stereocenters. The summed E-state index contributed by atoms with van der Waals surface area (Å²) in [4.78, 5) is 23.5. The van der Waals surface area contributed by atoms with Gasteiger partial charge in [-0.3, -0.25) is 4.79 Å². The average molecular weight is 265 g/mol. The van der Waals surface area contributed by atoms with Crippen molar-refractivity contribution < 1.29 is 19.1 Å². The lowest BCUT2D eigenvalue weighted by atomic mass is 10.1. The molecule has 5 nitrogen and oxygen atoms in total. The molecule has 0 saturated heterocycles. The van der Waals surface area contributed by atoms with Crippen LogP contribution >= 0.6 is 0 Å². The molecule has 0 radical (unpaired) electrons. The molecule has 0 aliphatic rings. The van der Waals surface area contributed by atoms with Crippen LogP contribution in [0.2, 0.25) is 0 Å². The zero-order chi connectivity index (χ0) is 14.1. The van der Waals surface area contributed by atoms with Crippen LogP contribution in [-0.4, -0.2) is 38.7 Å². The number of nitrogens with one attached hydrogen (secondary N) is 1. The van der Waals surface area contributed by atoms with Crippen LogP contribution in [0.3, 0.4) is 0 Å². The normalized spacial score (nSPS) is 10.0. The largest absolute Gasteiger partial charge is 0.465 e. The van der Waals surface area contributed by atoms with Gasteiger partial charge >= 0.3 is 5.97 Å². The van der Waals surface area contributed by atoms with E-state index in [9.17, 15) is 9.59 Å². The third-order valence-electron chi connectivity index (χ3n) is 2.53. The quantitative estimate of drug-likeness (QED) is 0.601. The van der Waals surface area contributed by atoms with E-state index in [1.54, 1.807) is 24.3 Å². The van der Waals surface area contributed by atoms with Crippen LogP contribution in [0.5, 0.6) is 0 Å². The van der Waals surface area contributed by atoms with Crippen LogP contribution in [0.15, 0.2) is 24.3 Å². The van der Waals surface area contributed by atoms with E-state index in [-0.39, 0.29) is 11.5 Å². The Bertz CT molecular complexity index is 431. The summed E-state index contributed by atoms with van der Waals surface area (Å²) in [6.45, 7) is 3.70. The van der Waals surface area contributed by atoms with E-state index in [1.807, 2.05) is 6.92 Å². The molecule has 0 aromatic heterocycles. The summed E-state index contributed by atoms with van der Waals surface area (Å²) >= 11 is 0. The smallest absolute Gasteiger partial charge is 0.338 e. The van der Waals surface area contributed by atoms with E-state index >= 15 is 0 Å². The minimum atomic E-state index is -0.514. The number of hydrogen-bond acceptors (Lipinski definition) is 4. The fraction of sp³-hybridized carbons (Fsp3) is 0.429. The van der Waals surface area contributed by atoms with Crippen LogP contribution in [0.4, 0.5) is 0 Å². The Kier molecular flexibility index (Phi) is 6.60. The monoisotopic (exact) mass is 265 g/mol. The number of rotatable bonds is 7. The number of amides is 1. The number of ether oxygens (including phenoxy) is 2. The van der Waals surface area contributed by atoms with Gasteiger partial charge in [0, 0.05) is 19.8 Å². The third kappa shape index (κ3) is 4.71. The summed E-state index contributed by atoms with van der Waals surface area (Å²) in [5, 5.41) is 2.75. The molecule has 0 bridgehead atoms. The standard InChI is InChI=1S/C14H19NO4/c1-3-19-10-6-9-15-13(16)11-7-4-5-8-12(11)14(17)18-2/h4-5,7-8H,3,6,9-10H2,1-2H3,(H,15,16). The Labute approximate surface area is 112 Å². The van der Waals surface area contributed by atoms with E-state index in [0.29, 0.717) is 25.3 Å². The fourth-order valence-electron chi connectivity index (χ4n) is 1.58. The highest BCUT2D eigenvalue weighted by atomic mass is 16.5. The van der Waals surface area contributed by atoms with E-state index in [4.69, 9.17) is 4.74 Å². The van der Waals surface area contributed by atoms with Gasteiger partial charge in [0.2, 0.25) is 0 Å². The number of esters is 1. The molecule has 0 aliphatic heterocycles.